The summed E-state index contributed by atoms with van der Waals surface area (Å²) in [5.74, 6) is 6.54. The minimum atomic E-state index is -0.337. The average Bonchev–Trinajstić information content (AvgIpc) is 3.37. The molecule has 0 radical (unpaired) electrons. The van der Waals surface area contributed by atoms with Gasteiger partial charge in [-0.15, -0.1) is 0 Å². The van der Waals surface area contributed by atoms with Gasteiger partial charge in [-0.3, -0.25) is 14.9 Å². The Morgan fingerprint density at radius 2 is 2.26 bits per heavy atom. The Kier molecular flexibility index (Phi) is 5.75. The fourth-order valence-corrected chi connectivity index (χ4v) is 6.44. The highest BCUT2D eigenvalue weighted by atomic mass is 16.5. The van der Waals surface area contributed by atoms with Gasteiger partial charge in [-0.2, -0.15) is 5.10 Å². The number of hydrogen-bond acceptors (Lipinski definition) is 9. The second-order valence-corrected chi connectivity index (χ2v) is 10.4. The lowest BCUT2D eigenvalue weighted by Gasteiger charge is -2.50. The first-order valence-electron chi connectivity index (χ1n) is 12.4. The van der Waals surface area contributed by atoms with Crippen molar-refractivity contribution in [3.63, 3.8) is 0 Å². The monoisotopic (exact) mass is 479 g/mol. The van der Waals surface area contributed by atoms with E-state index in [1.165, 1.54) is 5.56 Å². The van der Waals surface area contributed by atoms with Gasteiger partial charge in [-0.1, -0.05) is 0 Å². The molecule has 1 aromatic heterocycles. The largest absolute Gasteiger partial charge is 0.484 e. The summed E-state index contributed by atoms with van der Waals surface area (Å²) in [4.78, 5) is 12.1. The zero-order chi connectivity index (χ0) is 24.0. The van der Waals surface area contributed by atoms with Crippen molar-refractivity contribution in [2.75, 3.05) is 40.1 Å². The fraction of sp³-hybridized carbons (Fsp3) is 0.577. The lowest BCUT2D eigenvalue weighted by atomic mass is 9.68. The van der Waals surface area contributed by atoms with E-state index in [0.717, 1.165) is 61.2 Å². The maximum absolute atomic E-state index is 6.26. The second-order valence-electron chi connectivity index (χ2n) is 10.4. The highest BCUT2D eigenvalue weighted by Crippen LogP contribution is 2.57. The van der Waals surface area contributed by atoms with Gasteiger partial charge >= 0.3 is 0 Å². The van der Waals surface area contributed by atoms with E-state index >= 15 is 0 Å². The van der Waals surface area contributed by atoms with Crippen LogP contribution in [0.25, 0.3) is 10.9 Å². The Morgan fingerprint density at radius 1 is 1.37 bits per heavy atom. The van der Waals surface area contributed by atoms with Gasteiger partial charge in [0.25, 0.3) is 0 Å². The molecule has 0 amide bonds. The van der Waals surface area contributed by atoms with Gasteiger partial charge in [0, 0.05) is 37.0 Å². The van der Waals surface area contributed by atoms with Crippen molar-refractivity contribution in [3.8, 4) is 5.75 Å². The number of aliphatic imine (C=N–C) groups is 1. The Balaban J connectivity index is 1.16. The SMILES string of the molecule is COCC1COCC23CC(N=C/C(=N\N)C(C)Oc4ccc5ncc6c(c5c4)CCOC6)(CN12)C3. The van der Waals surface area contributed by atoms with Crippen molar-refractivity contribution in [2.45, 2.75) is 56.0 Å². The van der Waals surface area contributed by atoms with Crippen molar-refractivity contribution in [1.29, 1.82) is 0 Å². The molecule has 5 heterocycles. The number of morpholine rings is 1. The highest BCUT2D eigenvalue weighted by molar-refractivity contribution is 6.32. The number of rotatable bonds is 7. The first kappa shape index (κ1) is 22.8. The van der Waals surface area contributed by atoms with Gasteiger partial charge < -0.3 is 24.8 Å². The number of pyridine rings is 1. The van der Waals surface area contributed by atoms with E-state index in [9.17, 15) is 0 Å². The quantitative estimate of drug-likeness (QED) is 0.368. The molecule has 4 aliphatic heterocycles. The molecule has 35 heavy (non-hydrogen) atoms. The molecular formula is C26H33N5O4. The van der Waals surface area contributed by atoms with Crippen LogP contribution in [0.4, 0.5) is 0 Å². The van der Waals surface area contributed by atoms with Gasteiger partial charge in [0.1, 0.15) is 17.6 Å². The summed E-state index contributed by atoms with van der Waals surface area (Å²) in [6, 6.07) is 6.30. The van der Waals surface area contributed by atoms with E-state index in [2.05, 4.69) is 21.1 Å². The first-order chi connectivity index (χ1) is 17.0. The summed E-state index contributed by atoms with van der Waals surface area (Å²) in [7, 11) is 1.75. The van der Waals surface area contributed by atoms with Crippen molar-refractivity contribution in [1.82, 2.24) is 9.88 Å². The molecule has 5 aliphatic rings. The standard InChI is InChI=1S/C26H33N5O4/c1-17(35-20-3-4-23-22(7-20)21-5-6-33-10-18(21)8-28-23)24(30-27)9-29-25-13-26(14-25)16-34-12-19(11-32-2)31(26)15-25/h3-4,7-9,17,19H,5-6,10-16,27H2,1-2H3/b29-9?,30-24+. The Morgan fingerprint density at radius 3 is 3.09 bits per heavy atom. The number of aromatic nitrogens is 1. The third-order valence-electron chi connectivity index (χ3n) is 8.01. The van der Waals surface area contributed by atoms with Crippen LogP contribution in [0, 0.1) is 0 Å². The topological polar surface area (TPSA) is 104 Å². The van der Waals surface area contributed by atoms with Crippen molar-refractivity contribution in [2.24, 2.45) is 15.9 Å². The van der Waals surface area contributed by atoms with Crippen LogP contribution >= 0.6 is 0 Å². The summed E-state index contributed by atoms with van der Waals surface area (Å²) in [6.07, 6.45) is 6.26. The van der Waals surface area contributed by atoms with Crippen molar-refractivity contribution >= 4 is 22.8 Å². The van der Waals surface area contributed by atoms with Gasteiger partial charge in [0.2, 0.25) is 0 Å². The van der Waals surface area contributed by atoms with Crippen molar-refractivity contribution in [3.05, 3.63) is 35.5 Å². The fourth-order valence-electron chi connectivity index (χ4n) is 6.44. The second kappa shape index (κ2) is 8.81. The lowest BCUT2D eigenvalue weighted by Crippen LogP contribution is -2.61. The predicted molar refractivity (Wildman–Crippen MR) is 133 cm³/mol. The van der Waals surface area contributed by atoms with E-state index in [1.807, 2.05) is 31.5 Å². The molecular weight excluding hydrogens is 446 g/mol. The minimum Gasteiger partial charge on any atom is -0.484 e. The van der Waals surface area contributed by atoms with Gasteiger partial charge in [0.15, 0.2) is 0 Å². The minimum absolute atomic E-state index is 0.101. The van der Waals surface area contributed by atoms with Crippen LogP contribution in [0.5, 0.6) is 5.75 Å². The van der Waals surface area contributed by atoms with E-state index in [0.29, 0.717) is 25.5 Å². The number of ether oxygens (including phenoxy) is 4. The zero-order valence-corrected chi connectivity index (χ0v) is 20.4. The molecule has 186 valence electrons. The number of fused-ring (bicyclic) bond motifs is 3. The number of nitrogens with zero attached hydrogens (tertiary/aromatic N) is 4. The maximum Gasteiger partial charge on any atom is 0.141 e. The van der Waals surface area contributed by atoms with Crippen LogP contribution in [-0.2, 0) is 27.2 Å². The molecule has 1 aliphatic carbocycles. The van der Waals surface area contributed by atoms with Crippen LogP contribution in [-0.4, -0.2) is 85.1 Å². The van der Waals surface area contributed by atoms with E-state index < -0.39 is 0 Å². The van der Waals surface area contributed by atoms with Crippen LogP contribution in [0.15, 0.2) is 34.5 Å². The van der Waals surface area contributed by atoms with Gasteiger partial charge in [-0.25, -0.2) is 0 Å². The van der Waals surface area contributed by atoms with Crippen LogP contribution in [0.1, 0.15) is 30.9 Å². The third kappa shape index (κ3) is 3.91. The number of hydrazone groups is 1. The molecule has 2 unspecified atom stereocenters. The Labute approximate surface area is 205 Å². The molecule has 1 aromatic carbocycles. The average molecular weight is 480 g/mol. The molecule has 9 nitrogen and oxygen atoms in total. The summed E-state index contributed by atoms with van der Waals surface area (Å²) in [5.41, 5.74) is 4.02. The van der Waals surface area contributed by atoms with Crippen LogP contribution < -0.4 is 10.6 Å². The van der Waals surface area contributed by atoms with Crippen LogP contribution in [0.3, 0.4) is 0 Å². The van der Waals surface area contributed by atoms with Crippen molar-refractivity contribution < 1.29 is 18.9 Å². The Bertz CT molecular complexity index is 1170. The summed E-state index contributed by atoms with van der Waals surface area (Å²) in [5, 5.41) is 5.13. The number of benzene rings is 1. The van der Waals surface area contributed by atoms with Gasteiger partial charge in [-0.05, 0) is 55.5 Å². The first-order valence-corrected chi connectivity index (χ1v) is 12.4. The molecule has 9 heteroatoms. The normalized spacial score (nSPS) is 31.3. The maximum atomic E-state index is 6.26. The number of nitrogens with two attached hydrogens (primary N) is 1. The molecule has 2 N–H and O–H groups in total. The molecule has 2 bridgehead atoms. The lowest BCUT2D eigenvalue weighted by molar-refractivity contribution is -0.108. The summed E-state index contributed by atoms with van der Waals surface area (Å²) < 4.78 is 23.2. The Hall–Kier alpha value is -2.59. The number of hydrogen-bond donors (Lipinski definition) is 1. The molecule has 1 spiro atoms. The van der Waals surface area contributed by atoms with Gasteiger partial charge in [0.05, 0.1) is 50.1 Å². The smallest absolute Gasteiger partial charge is 0.141 e. The molecule has 7 rings (SSSR count). The van der Waals surface area contributed by atoms with E-state index in [4.69, 9.17) is 29.8 Å². The molecule has 3 saturated heterocycles. The number of methoxy groups -OCH3 is 1. The predicted octanol–water partition coefficient (Wildman–Crippen LogP) is 2.09. The molecule has 2 aromatic rings. The third-order valence-corrected chi connectivity index (χ3v) is 8.01. The molecule has 4 fully saturated rings. The van der Waals surface area contributed by atoms with E-state index in [1.54, 1.807) is 7.11 Å². The molecule has 1 saturated carbocycles. The van der Waals surface area contributed by atoms with E-state index in [-0.39, 0.29) is 23.2 Å². The van der Waals surface area contributed by atoms with Crippen LogP contribution in [0.2, 0.25) is 0 Å². The summed E-state index contributed by atoms with van der Waals surface area (Å²) >= 11 is 0. The summed E-state index contributed by atoms with van der Waals surface area (Å²) in [6.45, 7) is 6.38. The highest BCUT2D eigenvalue weighted by Gasteiger charge is 2.67. The zero-order valence-electron chi connectivity index (χ0n) is 20.4. The molecule has 2 atom stereocenters.